The van der Waals surface area contributed by atoms with Crippen molar-refractivity contribution >= 4 is 5.97 Å². The maximum absolute atomic E-state index is 13.8. The first kappa shape index (κ1) is 25.0. The molecular formula is C26H35F2NO2. The van der Waals surface area contributed by atoms with Gasteiger partial charge in [-0.1, -0.05) is 43.9 Å². The summed E-state index contributed by atoms with van der Waals surface area (Å²) in [6, 6.07) is 10.3. The molecule has 31 heavy (non-hydrogen) atoms. The fraction of sp³-hybridized carbons (Fsp3) is 0.500. The van der Waals surface area contributed by atoms with Gasteiger partial charge in [0.1, 0.15) is 11.6 Å². The van der Waals surface area contributed by atoms with E-state index < -0.39 is 17.6 Å². The molecule has 0 aliphatic rings. The summed E-state index contributed by atoms with van der Waals surface area (Å²) in [5, 5.41) is 11.7. The van der Waals surface area contributed by atoms with Crippen LogP contribution in [0.25, 0.3) is 0 Å². The van der Waals surface area contributed by atoms with Gasteiger partial charge in [-0.05, 0) is 80.0 Å². The lowest BCUT2D eigenvalue weighted by Crippen LogP contribution is -2.19. The predicted molar refractivity (Wildman–Crippen MR) is 122 cm³/mol. The highest BCUT2D eigenvalue weighted by Gasteiger charge is 2.15. The molecular weight excluding hydrogens is 396 g/mol. The Kier molecular flexibility index (Phi) is 10.6. The van der Waals surface area contributed by atoms with E-state index in [1.54, 1.807) is 0 Å². The van der Waals surface area contributed by atoms with Crippen LogP contribution in [-0.2, 0) is 11.2 Å². The fourth-order valence-corrected chi connectivity index (χ4v) is 3.90. The van der Waals surface area contributed by atoms with Gasteiger partial charge in [-0.2, -0.15) is 0 Å². The van der Waals surface area contributed by atoms with E-state index in [0.29, 0.717) is 6.54 Å². The molecule has 5 heteroatoms. The van der Waals surface area contributed by atoms with Gasteiger partial charge in [0.25, 0.3) is 0 Å². The number of hydrogen-bond acceptors (Lipinski definition) is 2. The number of nitrogens with one attached hydrogen (secondary N) is 1. The molecule has 2 rings (SSSR count). The maximum Gasteiger partial charge on any atom is 0.304 e. The Morgan fingerprint density at radius 1 is 0.903 bits per heavy atom. The Hall–Kier alpha value is -2.27. The van der Waals surface area contributed by atoms with Crippen LogP contribution in [-0.4, -0.2) is 24.2 Å². The van der Waals surface area contributed by atoms with Crippen molar-refractivity contribution in [2.45, 2.75) is 71.1 Å². The van der Waals surface area contributed by atoms with Gasteiger partial charge in [0.2, 0.25) is 0 Å². The van der Waals surface area contributed by atoms with Crippen LogP contribution in [0.15, 0.2) is 36.4 Å². The summed E-state index contributed by atoms with van der Waals surface area (Å²) in [6.45, 7) is 5.53. The molecule has 2 aromatic carbocycles. The number of carbonyl (C=O) groups is 1. The summed E-state index contributed by atoms with van der Waals surface area (Å²) < 4.78 is 27.7. The van der Waals surface area contributed by atoms with E-state index in [4.69, 9.17) is 5.11 Å². The molecule has 0 aliphatic heterocycles. The highest BCUT2D eigenvalue weighted by atomic mass is 19.1. The zero-order valence-corrected chi connectivity index (χ0v) is 18.7. The third-order valence-electron chi connectivity index (χ3n) is 5.83. The van der Waals surface area contributed by atoms with Gasteiger partial charge in [-0.3, -0.25) is 4.79 Å². The van der Waals surface area contributed by atoms with Gasteiger partial charge in [-0.15, -0.1) is 0 Å². The van der Waals surface area contributed by atoms with Crippen molar-refractivity contribution in [3.63, 3.8) is 0 Å². The van der Waals surface area contributed by atoms with Crippen molar-refractivity contribution < 1.29 is 18.7 Å². The highest BCUT2D eigenvalue weighted by molar-refractivity contribution is 5.66. The van der Waals surface area contributed by atoms with Gasteiger partial charge in [-0.25, -0.2) is 8.78 Å². The van der Waals surface area contributed by atoms with Crippen LogP contribution >= 0.6 is 0 Å². The molecule has 0 aliphatic carbocycles. The average Bonchev–Trinajstić information content (AvgIpc) is 2.70. The molecule has 0 aromatic heterocycles. The first-order valence-corrected chi connectivity index (χ1v) is 11.3. The lowest BCUT2D eigenvalue weighted by molar-refractivity contribution is -0.136. The number of halogens is 2. The van der Waals surface area contributed by atoms with E-state index in [0.717, 1.165) is 63.1 Å². The van der Waals surface area contributed by atoms with E-state index in [2.05, 4.69) is 37.4 Å². The zero-order valence-electron chi connectivity index (χ0n) is 18.7. The Morgan fingerprint density at radius 2 is 1.58 bits per heavy atom. The lowest BCUT2D eigenvalue weighted by atomic mass is 9.86. The van der Waals surface area contributed by atoms with Gasteiger partial charge in [0.15, 0.2) is 0 Å². The normalized spacial score (nSPS) is 12.1. The summed E-state index contributed by atoms with van der Waals surface area (Å²) >= 11 is 0. The molecule has 170 valence electrons. The Bertz CT molecular complexity index is 818. The van der Waals surface area contributed by atoms with Crippen molar-refractivity contribution in [1.29, 1.82) is 0 Å². The van der Waals surface area contributed by atoms with Crippen molar-refractivity contribution in [3.8, 4) is 0 Å². The predicted octanol–water partition coefficient (Wildman–Crippen LogP) is 6.31. The molecule has 0 bridgehead atoms. The first-order valence-electron chi connectivity index (χ1n) is 11.3. The molecule has 0 unspecified atom stereocenters. The van der Waals surface area contributed by atoms with Crippen LogP contribution in [0.5, 0.6) is 0 Å². The van der Waals surface area contributed by atoms with Crippen LogP contribution in [0, 0.1) is 25.5 Å². The zero-order chi connectivity index (χ0) is 22.6. The van der Waals surface area contributed by atoms with Crippen LogP contribution in [0.3, 0.4) is 0 Å². The average molecular weight is 432 g/mol. The fourth-order valence-electron chi connectivity index (χ4n) is 3.90. The molecule has 1 atom stereocenters. The summed E-state index contributed by atoms with van der Waals surface area (Å²) in [4.78, 5) is 10.5. The minimum absolute atomic E-state index is 0.0880. The Labute approximate surface area is 184 Å². The molecule has 0 spiro atoms. The van der Waals surface area contributed by atoms with Crippen LogP contribution in [0.2, 0.25) is 0 Å². The summed E-state index contributed by atoms with van der Waals surface area (Å²) in [5.74, 6) is -1.73. The van der Waals surface area contributed by atoms with Crippen LogP contribution < -0.4 is 5.32 Å². The van der Waals surface area contributed by atoms with Gasteiger partial charge < -0.3 is 10.4 Å². The van der Waals surface area contributed by atoms with Crippen molar-refractivity contribution in [2.24, 2.45) is 0 Å². The van der Waals surface area contributed by atoms with Gasteiger partial charge in [0, 0.05) is 12.6 Å². The maximum atomic E-state index is 13.8. The second kappa shape index (κ2) is 13.2. The number of aliphatic carboxylic acids is 1. The van der Waals surface area contributed by atoms with E-state index in [9.17, 15) is 13.6 Å². The summed E-state index contributed by atoms with van der Waals surface area (Å²) in [5.41, 5.74) is 4.41. The lowest BCUT2D eigenvalue weighted by Gasteiger charge is -2.19. The third-order valence-corrected chi connectivity index (χ3v) is 5.83. The number of carboxylic acid groups (broad SMARTS) is 1. The van der Waals surface area contributed by atoms with Crippen molar-refractivity contribution in [2.75, 3.05) is 13.1 Å². The summed E-state index contributed by atoms with van der Waals surface area (Å²) in [7, 11) is 0. The smallest absolute Gasteiger partial charge is 0.304 e. The number of unbranched alkanes of at least 4 members (excludes halogenated alkanes) is 4. The molecule has 0 radical (unpaired) electrons. The summed E-state index contributed by atoms with van der Waals surface area (Å²) in [6.07, 6.45) is 7.15. The third kappa shape index (κ3) is 9.60. The van der Waals surface area contributed by atoms with E-state index in [-0.39, 0.29) is 12.3 Å². The van der Waals surface area contributed by atoms with Gasteiger partial charge in [0.05, 0.1) is 6.42 Å². The molecule has 2 aromatic rings. The standard InChI is InChI=1S/C26H35F2NO2/c1-19-9-10-21(14-20(19)2)15-22(23-16-24(27)18-25(28)17-23)8-6-4-3-5-7-12-29-13-11-26(30)31/h9-10,14,16-18,22,29H,3-8,11-13,15H2,1-2H3,(H,30,31)/t22-/m0/s1. The molecule has 3 nitrogen and oxygen atoms in total. The van der Waals surface area contributed by atoms with Gasteiger partial charge >= 0.3 is 5.97 Å². The number of aryl methyl sites for hydroxylation is 2. The molecule has 0 heterocycles. The Balaban J connectivity index is 1.83. The minimum Gasteiger partial charge on any atom is -0.481 e. The number of hydrogen-bond donors (Lipinski definition) is 2. The quantitative estimate of drug-likeness (QED) is 0.345. The number of carboxylic acids is 1. The minimum atomic E-state index is -0.777. The van der Waals surface area contributed by atoms with Crippen LogP contribution in [0.1, 0.15) is 73.1 Å². The van der Waals surface area contributed by atoms with Crippen molar-refractivity contribution in [3.05, 3.63) is 70.3 Å². The second-order valence-corrected chi connectivity index (χ2v) is 8.47. The highest BCUT2D eigenvalue weighted by Crippen LogP contribution is 2.29. The van der Waals surface area contributed by atoms with E-state index in [1.165, 1.54) is 28.8 Å². The topological polar surface area (TPSA) is 49.3 Å². The number of rotatable bonds is 14. The van der Waals surface area contributed by atoms with Crippen molar-refractivity contribution in [1.82, 2.24) is 5.32 Å². The van der Waals surface area contributed by atoms with E-state index >= 15 is 0 Å². The second-order valence-electron chi connectivity index (χ2n) is 8.47. The SMILES string of the molecule is Cc1ccc(C[C@H](CCCCCCCNCCC(=O)O)c2cc(F)cc(F)c2)cc1C. The molecule has 0 saturated heterocycles. The molecule has 0 fully saturated rings. The molecule has 2 N–H and O–H groups in total. The molecule has 0 amide bonds. The monoisotopic (exact) mass is 431 g/mol. The first-order chi connectivity index (χ1) is 14.8. The largest absolute Gasteiger partial charge is 0.481 e. The van der Waals surface area contributed by atoms with E-state index in [1.807, 2.05) is 0 Å². The van der Waals surface area contributed by atoms with Crippen LogP contribution in [0.4, 0.5) is 8.78 Å². The Morgan fingerprint density at radius 3 is 2.26 bits per heavy atom. The molecule has 0 saturated carbocycles. The number of benzene rings is 2.